The number of anilines is 1. The molecule has 0 saturated carbocycles. The van der Waals surface area contributed by atoms with Crippen LogP contribution in [-0.2, 0) is 4.79 Å². The number of halogens is 1. The van der Waals surface area contributed by atoms with Gasteiger partial charge in [-0.2, -0.15) is 0 Å². The van der Waals surface area contributed by atoms with E-state index < -0.39 is 0 Å². The van der Waals surface area contributed by atoms with Crippen LogP contribution < -0.4 is 4.90 Å². The summed E-state index contributed by atoms with van der Waals surface area (Å²) in [6.07, 6.45) is 4.30. The fourth-order valence-electron chi connectivity index (χ4n) is 1.62. The summed E-state index contributed by atoms with van der Waals surface area (Å²) in [6, 6.07) is 1.61. The monoisotopic (exact) mass is 268 g/mol. The summed E-state index contributed by atoms with van der Waals surface area (Å²) >= 11 is 3.39. The first-order valence-electron chi connectivity index (χ1n) is 4.56. The molecule has 0 spiro atoms. The zero-order valence-corrected chi connectivity index (χ0v) is 9.48. The van der Waals surface area contributed by atoms with E-state index in [-0.39, 0.29) is 10.7 Å². The van der Waals surface area contributed by atoms with Crippen LogP contribution in [0.4, 0.5) is 5.69 Å². The minimum atomic E-state index is 0.0213. The van der Waals surface area contributed by atoms with Crippen LogP contribution in [0.3, 0.4) is 0 Å². The minimum Gasteiger partial charge on any atom is -0.309 e. The normalized spacial score (nSPS) is 20.7. The first-order chi connectivity index (χ1) is 7.22. The van der Waals surface area contributed by atoms with Crippen LogP contribution >= 0.6 is 15.9 Å². The molecule has 1 saturated heterocycles. The highest BCUT2D eigenvalue weighted by Gasteiger charge is 2.30. The van der Waals surface area contributed by atoms with Gasteiger partial charge in [0, 0.05) is 29.6 Å². The molecule has 2 heterocycles. The first kappa shape index (κ1) is 10.3. The molecule has 1 atom stereocenters. The van der Waals surface area contributed by atoms with Crippen LogP contribution in [0.5, 0.6) is 0 Å². The fourth-order valence-corrected chi connectivity index (χ4v) is 2.19. The third kappa shape index (κ3) is 1.92. The number of carbonyl (C=O) groups is 2. The van der Waals surface area contributed by atoms with Gasteiger partial charge in [0.05, 0.1) is 11.9 Å². The average molecular weight is 269 g/mol. The van der Waals surface area contributed by atoms with Crippen molar-refractivity contribution < 1.29 is 9.59 Å². The lowest BCUT2D eigenvalue weighted by molar-refractivity contribution is -0.117. The van der Waals surface area contributed by atoms with Crippen LogP contribution in [0.2, 0.25) is 0 Å². The first-order valence-corrected chi connectivity index (χ1v) is 5.47. The molecule has 0 bridgehead atoms. The number of amides is 1. The summed E-state index contributed by atoms with van der Waals surface area (Å²) in [4.78, 5) is 28.1. The molecule has 0 radical (unpaired) electrons. The number of hydrogen-bond acceptors (Lipinski definition) is 3. The van der Waals surface area contributed by atoms with E-state index in [2.05, 4.69) is 20.9 Å². The Morgan fingerprint density at radius 3 is 3.00 bits per heavy atom. The lowest BCUT2D eigenvalue weighted by atomic mass is 10.2. The van der Waals surface area contributed by atoms with Crippen LogP contribution in [0, 0.1) is 0 Å². The molecule has 0 aliphatic carbocycles. The maximum atomic E-state index is 11.6. The molecule has 2 rings (SSSR count). The summed E-state index contributed by atoms with van der Waals surface area (Å²) in [7, 11) is 0. The molecular weight excluding hydrogens is 260 g/mol. The second-order valence-corrected chi connectivity index (χ2v) is 4.65. The number of rotatable bonds is 2. The van der Waals surface area contributed by atoms with Crippen LogP contribution in [0.1, 0.15) is 16.8 Å². The third-order valence-corrected chi connectivity index (χ3v) is 2.94. The van der Waals surface area contributed by atoms with Crippen molar-refractivity contribution in [3.8, 4) is 0 Å². The molecule has 78 valence electrons. The van der Waals surface area contributed by atoms with E-state index in [1.807, 2.05) is 0 Å². The summed E-state index contributed by atoms with van der Waals surface area (Å²) in [5.41, 5.74) is 1.10. The van der Waals surface area contributed by atoms with Gasteiger partial charge in [0.25, 0.3) is 0 Å². The molecule has 1 aromatic rings. The molecule has 1 unspecified atom stereocenters. The van der Waals surface area contributed by atoms with Gasteiger partial charge in [0.1, 0.15) is 0 Å². The molecule has 5 heteroatoms. The standard InChI is InChI=1S/C10H9BrN2O2/c11-8-3-10(15)13(5-8)9-4-12-2-1-7(9)6-14/h1-2,4,6,8H,3,5H2. The van der Waals surface area contributed by atoms with E-state index in [1.165, 1.54) is 0 Å². The van der Waals surface area contributed by atoms with Crippen molar-refractivity contribution in [2.45, 2.75) is 11.2 Å². The van der Waals surface area contributed by atoms with Gasteiger partial charge in [0.2, 0.25) is 5.91 Å². The van der Waals surface area contributed by atoms with Crippen molar-refractivity contribution in [2.75, 3.05) is 11.4 Å². The highest BCUT2D eigenvalue weighted by atomic mass is 79.9. The van der Waals surface area contributed by atoms with Gasteiger partial charge in [-0.05, 0) is 6.07 Å². The lowest BCUT2D eigenvalue weighted by Crippen LogP contribution is -2.25. The number of alkyl halides is 1. The molecule has 1 aliphatic rings. The topological polar surface area (TPSA) is 50.3 Å². The van der Waals surface area contributed by atoms with Crippen molar-refractivity contribution >= 4 is 33.8 Å². The van der Waals surface area contributed by atoms with Crippen molar-refractivity contribution in [2.24, 2.45) is 0 Å². The largest absolute Gasteiger partial charge is 0.309 e. The van der Waals surface area contributed by atoms with E-state index in [4.69, 9.17) is 0 Å². The second-order valence-electron chi connectivity index (χ2n) is 3.36. The highest BCUT2D eigenvalue weighted by molar-refractivity contribution is 9.09. The van der Waals surface area contributed by atoms with E-state index in [0.29, 0.717) is 24.2 Å². The number of pyridine rings is 1. The van der Waals surface area contributed by atoms with Gasteiger partial charge in [0.15, 0.2) is 6.29 Å². The fraction of sp³-hybridized carbons (Fsp3) is 0.300. The average Bonchev–Trinajstić information content (AvgIpc) is 2.57. The minimum absolute atomic E-state index is 0.0213. The van der Waals surface area contributed by atoms with Crippen molar-refractivity contribution in [3.05, 3.63) is 24.0 Å². The molecule has 1 aromatic heterocycles. The van der Waals surface area contributed by atoms with E-state index >= 15 is 0 Å². The Hall–Kier alpha value is -1.23. The lowest BCUT2D eigenvalue weighted by Gasteiger charge is -2.16. The Morgan fingerprint density at radius 2 is 2.40 bits per heavy atom. The molecule has 0 N–H and O–H groups in total. The number of aromatic nitrogens is 1. The summed E-state index contributed by atoms with van der Waals surface area (Å²) < 4.78 is 0. The number of aldehydes is 1. The smallest absolute Gasteiger partial charge is 0.228 e. The molecule has 4 nitrogen and oxygen atoms in total. The molecule has 1 amide bonds. The van der Waals surface area contributed by atoms with Gasteiger partial charge in [-0.1, -0.05) is 15.9 Å². The quantitative estimate of drug-likeness (QED) is 0.602. The van der Waals surface area contributed by atoms with Gasteiger partial charge < -0.3 is 4.90 Å². The van der Waals surface area contributed by atoms with Crippen LogP contribution in [0.15, 0.2) is 18.5 Å². The summed E-state index contributed by atoms with van der Waals surface area (Å²) in [6.45, 7) is 0.589. The molecule has 1 aliphatic heterocycles. The Balaban J connectivity index is 2.37. The van der Waals surface area contributed by atoms with Gasteiger partial charge in [-0.25, -0.2) is 0 Å². The number of carbonyl (C=O) groups excluding carboxylic acids is 2. The second kappa shape index (κ2) is 4.10. The summed E-state index contributed by atoms with van der Waals surface area (Å²) in [5, 5.41) is 0. The Kier molecular flexibility index (Phi) is 2.81. The van der Waals surface area contributed by atoms with E-state index in [9.17, 15) is 9.59 Å². The number of hydrogen-bond donors (Lipinski definition) is 0. The Morgan fingerprint density at radius 1 is 1.60 bits per heavy atom. The van der Waals surface area contributed by atoms with Crippen molar-refractivity contribution in [1.82, 2.24) is 4.98 Å². The molecule has 0 aromatic carbocycles. The zero-order chi connectivity index (χ0) is 10.8. The zero-order valence-electron chi connectivity index (χ0n) is 7.89. The van der Waals surface area contributed by atoms with E-state index in [1.54, 1.807) is 23.4 Å². The Labute approximate surface area is 95.4 Å². The predicted octanol–water partition coefficient (Wildman–Crippen LogP) is 1.39. The van der Waals surface area contributed by atoms with Crippen LogP contribution in [-0.4, -0.2) is 28.5 Å². The predicted molar refractivity (Wildman–Crippen MR) is 59.3 cm³/mol. The van der Waals surface area contributed by atoms with Crippen LogP contribution in [0.25, 0.3) is 0 Å². The maximum Gasteiger partial charge on any atom is 0.228 e. The SMILES string of the molecule is O=Cc1ccncc1N1CC(Br)CC1=O. The van der Waals surface area contributed by atoms with Gasteiger partial charge in [-0.15, -0.1) is 0 Å². The highest BCUT2D eigenvalue weighted by Crippen LogP contribution is 2.26. The van der Waals surface area contributed by atoms with Crippen molar-refractivity contribution in [3.63, 3.8) is 0 Å². The molecular formula is C10H9BrN2O2. The summed E-state index contributed by atoms with van der Waals surface area (Å²) in [5.74, 6) is 0.0213. The van der Waals surface area contributed by atoms with Crippen molar-refractivity contribution in [1.29, 1.82) is 0 Å². The van der Waals surface area contributed by atoms with Gasteiger partial charge in [-0.3, -0.25) is 14.6 Å². The maximum absolute atomic E-state index is 11.6. The van der Waals surface area contributed by atoms with Gasteiger partial charge >= 0.3 is 0 Å². The number of nitrogens with zero attached hydrogens (tertiary/aromatic N) is 2. The Bertz CT molecular complexity index is 408. The molecule has 15 heavy (non-hydrogen) atoms. The molecule has 1 fully saturated rings. The van der Waals surface area contributed by atoms with E-state index in [0.717, 1.165) is 6.29 Å². The third-order valence-electron chi connectivity index (χ3n) is 2.33.